The van der Waals surface area contributed by atoms with Crippen molar-refractivity contribution < 1.29 is 13.5 Å². The van der Waals surface area contributed by atoms with Crippen LogP contribution in [0.5, 0.6) is 5.75 Å². The molecule has 0 radical (unpaired) electrons. The lowest BCUT2D eigenvalue weighted by Crippen LogP contribution is -2.48. The zero-order valence-electron chi connectivity index (χ0n) is 10.4. The lowest BCUT2D eigenvalue weighted by molar-refractivity contribution is -0.0508. The van der Waals surface area contributed by atoms with Gasteiger partial charge in [-0.15, -0.1) is 0 Å². The first-order valence-electron chi connectivity index (χ1n) is 6.13. The van der Waals surface area contributed by atoms with E-state index in [1.54, 1.807) is 12.1 Å². The molecular formula is C13H18F2N2O. The van der Waals surface area contributed by atoms with Gasteiger partial charge in [0, 0.05) is 37.8 Å². The van der Waals surface area contributed by atoms with Gasteiger partial charge in [0.1, 0.15) is 5.75 Å². The summed E-state index contributed by atoms with van der Waals surface area (Å²) in [6.07, 6.45) is 0. The van der Waals surface area contributed by atoms with Crippen LogP contribution < -0.4 is 10.1 Å². The number of nitrogens with zero attached hydrogens (tertiary/aromatic N) is 1. The fourth-order valence-electron chi connectivity index (χ4n) is 2.24. The Labute approximate surface area is 106 Å². The summed E-state index contributed by atoms with van der Waals surface area (Å²) in [5.41, 5.74) is 0.812. The fraction of sp³-hybridized carbons (Fsp3) is 0.538. The number of benzene rings is 1. The maximum Gasteiger partial charge on any atom is 0.387 e. The number of para-hydroxylation sites is 1. The molecule has 0 saturated carbocycles. The second-order valence-electron chi connectivity index (χ2n) is 4.58. The van der Waals surface area contributed by atoms with Gasteiger partial charge in [0.15, 0.2) is 0 Å². The number of nitrogens with one attached hydrogen (secondary N) is 1. The lowest BCUT2D eigenvalue weighted by Gasteiger charge is -2.32. The molecule has 0 amide bonds. The van der Waals surface area contributed by atoms with Crippen LogP contribution in [0.1, 0.15) is 12.5 Å². The fourth-order valence-corrected chi connectivity index (χ4v) is 2.24. The molecule has 1 N–H and O–H groups in total. The molecule has 1 aliphatic rings. The Hall–Kier alpha value is -1.20. The molecule has 1 unspecified atom stereocenters. The number of alkyl halides is 2. The van der Waals surface area contributed by atoms with Crippen LogP contribution >= 0.6 is 0 Å². The quantitative estimate of drug-likeness (QED) is 0.892. The number of ether oxygens (including phenoxy) is 1. The molecule has 0 bridgehead atoms. The largest absolute Gasteiger partial charge is 0.434 e. The summed E-state index contributed by atoms with van der Waals surface area (Å²) in [6.45, 7) is 2.77. The van der Waals surface area contributed by atoms with Crippen LogP contribution in [-0.4, -0.2) is 37.2 Å². The summed E-state index contributed by atoms with van der Waals surface area (Å²) in [5, 5.41) is 3.35. The van der Waals surface area contributed by atoms with Crippen molar-refractivity contribution in [1.29, 1.82) is 0 Å². The number of hydrogen-bond donors (Lipinski definition) is 1. The van der Waals surface area contributed by atoms with E-state index in [-0.39, 0.29) is 5.75 Å². The standard InChI is InChI=1S/C13H18F2N2O/c1-10-8-17(7-6-16-10)9-11-4-2-3-5-12(11)18-13(14)15/h2-5,10,13,16H,6-9H2,1H3. The molecule has 0 aliphatic carbocycles. The molecule has 1 aromatic rings. The van der Waals surface area contributed by atoms with E-state index < -0.39 is 6.61 Å². The molecule has 3 nitrogen and oxygen atoms in total. The minimum Gasteiger partial charge on any atom is -0.434 e. The molecule has 100 valence electrons. The van der Waals surface area contributed by atoms with Gasteiger partial charge in [-0.25, -0.2) is 0 Å². The third kappa shape index (κ3) is 3.65. The van der Waals surface area contributed by atoms with Crippen molar-refractivity contribution in [3.63, 3.8) is 0 Å². The molecule has 1 atom stereocenters. The molecule has 2 rings (SSSR count). The van der Waals surface area contributed by atoms with Crippen LogP contribution in [0.3, 0.4) is 0 Å². The van der Waals surface area contributed by atoms with Gasteiger partial charge < -0.3 is 10.1 Å². The Kier molecular flexibility index (Phi) is 4.49. The van der Waals surface area contributed by atoms with E-state index >= 15 is 0 Å². The Bertz CT molecular complexity index is 387. The van der Waals surface area contributed by atoms with Crippen molar-refractivity contribution in [3.8, 4) is 5.75 Å². The summed E-state index contributed by atoms with van der Waals surface area (Å²) in [6, 6.07) is 7.42. The van der Waals surface area contributed by atoms with Crippen molar-refractivity contribution in [1.82, 2.24) is 10.2 Å². The van der Waals surface area contributed by atoms with Gasteiger partial charge in [-0.1, -0.05) is 18.2 Å². The van der Waals surface area contributed by atoms with Crippen LogP contribution in [-0.2, 0) is 6.54 Å². The molecule has 1 heterocycles. The number of rotatable bonds is 4. The molecule has 1 aromatic carbocycles. The summed E-state index contributed by atoms with van der Waals surface area (Å²) < 4.78 is 29.1. The number of hydrogen-bond acceptors (Lipinski definition) is 3. The first-order chi connectivity index (χ1) is 8.65. The topological polar surface area (TPSA) is 24.5 Å². The van der Waals surface area contributed by atoms with Gasteiger partial charge in [0.05, 0.1) is 0 Å². The third-order valence-electron chi connectivity index (χ3n) is 3.04. The van der Waals surface area contributed by atoms with Gasteiger partial charge in [0.2, 0.25) is 0 Å². The van der Waals surface area contributed by atoms with Crippen molar-refractivity contribution >= 4 is 0 Å². The van der Waals surface area contributed by atoms with Crippen LogP contribution in [0.4, 0.5) is 8.78 Å². The van der Waals surface area contributed by atoms with Gasteiger partial charge in [-0.05, 0) is 13.0 Å². The molecule has 5 heteroatoms. The van der Waals surface area contributed by atoms with Crippen LogP contribution in [0.25, 0.3) is 0 Å². The van der Waals surface area contributed by atoms with Gasteiger partial charge in [-0.3, -0.25) is 4.90 Å². The predicted octanol–water partition coefficient (Wildman–Crippen LogP) is 2.08. The van der Waals surface area contributed by atoms with E-state index in [0.717, 1.165) is 25.2 Å². The van der Waals surface area contributed by atoms with Crippen LogP contribution in [0.15, 0.2) is 24.3 Å². The summed E-state index contributed by atoms with van der Waals surface area (Å²) in [7, 11) is 0. The summed E-state index contributed by atoms with van der Waals surface area (Å²) in [5.74, 6) is 0.277. The maximum absolute atomic E-state index is 12.3. The van der Waals surface area contributed by atoms with Crippen molar-refractivity contribution in [2.75, 3.05) is 19.6 Å². The SMILES string of the molecule is CC1CN(Cc2ccccc2OC(F)F)CCN1. The normalized spacial score (nSPS) is 21.2. The van der Waals surface area contributed by atoms with E-state index in [1.165, 1.54) is 0 Å². The van der Waals surface area contributed by atoms with Crippen molar-refractivity contribution in [2.45, 2.75) is 26.1 Å². The Balaban J connectivity index is 2.03. The van der Waals surface area contributed by atoms with Crippen LogP contribution in [0, 0.1) is 0 Å². The second-order valence-corrected chi connectivity index (χ2v) is 4.58. The van der Waals surface area contributed by atoms with Gasteiger partial charge in [0.25, 0.3) is 0 Å². The van der Waals surface area contributed by atoms with Crippen LogP contribution in [0.2, 0.25) is 0 Å². The lowest BCUT2D eigenvalue weighted by atomic mass is 10.1. The summed E-state index contributed by atoms with van der Waals surface area (Å²) in [4.78, 5) is 2.24. The highest BCUT2D eigenvalue weighted by Crippen LogP contribution is 2.22. The van der Waals surface area contributed by atoms with E-state index in [2.05, 4.69) is 21.9 Å². The Morgan fingerprint density at radius 2 is 2.22 bits per heavy atom. The molecule has 18 heavy (non-hydrogen) atoms. The minimum absolute atomic E-state index is 0.277. The van der Waals surface area contributed by atoms with E-state index in [4.69, 9.17) is 0 Å². The van der Waals surface area contributed by atoms with E-state index in [9.17, 15) is 8.78 Å². The highest BCUT2D eigenvalue weighted by Gasteiger charge is 2.17. The Morgan fingerprint density at radius 1 is 1.44 bits per heavy atom. The van der Waals surface area contributed by atoms with Gasteiger partial charge >= 0.3 is 6.61 Å². The number of piperazine rings is 1. The van der Waals surface area contributed by atoms with Crippen molar-refractivity contribution in [2.24, 2.45) is 0 Å². The van der Waals surface area contributed by atoms with E-state index in [0.29, 0.717) is 12.6 Å². The highest BCUT2D eigenvalue weighted by atomic mass is 19.3. The average Bonchev–Trinajstić information content (AvgIpc) is 2.31. The molecular weight excluding hydrogens is 238 g/mol. The van der Waals surface area contributed by atoms with Crippen molar-refractivity contribution in [3.05, 3.63) is 29.8 Å². The smallest absolute Gasteiger partial charge is 0.387 e. The third-order valence-corrected chi connectivity index (χ3v) is 3.04. The molecule has 1 saturated heterocycles. The molecule has 1 fully saturated rings. The highest BCUT2D eigenvalue weighted by molar-refractivity contribution is 5.33. The average molecular weight is 256 g/mol. The zero-order chi connectivity index (χ0) is 13.0. The Morgan fingerprint density at radius 3 is 2.94 bits per heavy atom. The minimum atomic E-state index is -2.77. The second kappa shape index (κ2) is 6.11. The molecule has 0 spiro atoms. The zero-order valence-corrected chi connectivity index (χ0v) is 10.4. The predicted molar refractivity (Wildman–Crippen MR) is 65.8 cm³/mol. The molecule has 1 aliphatic heterocycles. The first kappa shape index (κ1) is 13.2. The monoisotopic (exact) mass is 256 g/mol. The van der Waals surface area contributed by atoms with E-state index in [1.807, 2.05) is 12.1 Å². The van der Waals surface area contributed by atoms with Gasteiger partial charge in [-0.2, -0.15) is 8.78 Å². The number of halogens is 2. The molecule has 0 aromatic heterocycles. The summed E-state index contributed by atoms with van der Waals surface area (Å²) >= 11 is 0. The maximum atomic E-state index is 12.3. The first-order valence-corrected chi connectivity index (χ1v) is 6.13.